The lowest BCUT2D eigenvalue weighted by Gasteiger charge is -2.14. The van der Waals surface area contributed by atoms with Crippen LogP contribution in [0.25, 0.3) is 0 Å². The van der Waals surface area contributed by atoms with Gasteiger partial charge in [0.2, 0.25) is 0 Å². The minimum Gasteiger partial charge on any atom is -0.334 e. The van der Waals surface area contributed by atoms with Crippen molar-refractivity contribution in [3.05, 3.63) is 65.5 Å². The maximum absolute atomic E-state index is 13.1. The van der Waals surface area contributed by atoms with Gasteiger partial charge in [-0.3, -0.25) is 0 Å². The van der Waals surface area contributed by atoms with Gasteiger partial charge in [0.05, 0.1) is 0 Å². The Kier molecular flexibility index (Phi) is 4.93. The first-order chi connectivity index (χ1) is 10.1. The second kappa shape index (κ2) is 6.88. The number of para-hydroxylation sites is 1. The van der Waals surface area contributed by atoms with Crippen molar-refractivity contribution in [3.63, 3.8) is 0 Å². The van der Waals surface area contributed by atoms with E-state index in [0.717, 1.165) is 16.8 Å². The number of nitrogens with one attached hydrogen (secondary N) is 2. The fourth-order valence-corrected chi connectivity index (χ4v) is 2.11. The number of benzene rings is 2. The summed E-state index contributed by atoms with van der Waals surface area (Å²) in [4.78, 5) is 11.9. The Morgan fingerprint density at radius 3 is 2.62 bits per heavy atom. The van der Waals surface area contributed by atoms with Gasteiger partial charge in [-0.25, -0.2) is 9.18 Å². The molecule has 0 aliphatic heterocycles. The van der Waals surface area contributed by atoms with Gasteiger partial charge in [0, 0.05) is 12.2 Å². The molecule has 0 bridgehead atoms. The van der Waals surface area contributed by atoms with E-state index in [0.29, 0.717) is 5.92 Å². The molecular formula is C17H19FN2O. The Hall–Kier alpha value is -2.36. The summed E-state index contributed by atoms with van der Waals surface area (Å²) in [5, 5.41) is 5.56. The lowest BCUT2D eigenvalue weighted by atomic mass is 10.0. The molecule has 0 aliphatic carbocycles. The van der Waals surface area contributed by atoms with Crippen LogP contribution in [0.4, 0.5) is 14.9 Å². The summed E-state index contributed by atoms with van der Waals surface area (Å²) in [6.07, 6.45) is 0. The summed E-state index contributed by atoms with van der Waals surface area (Å²) in [6.45, 7) is 4.43. The molecule has 0 aromatic heterocycles. The van der Waals surface area contributed by atoms with Gasteiger partial charge in [-0.2, -0.15) is 0 Å². The van der Waals surface area contributed by atoms with Crippen LogP contribution in [-0.4, -0.2) is 6.03 Å². The second-order valence-electron chi connectivity index (χ2n) is 5.18. The smallest absolute Gasteiger partial charge is 0.319 e. The Balaban J connectivity index is 1.96. The molecule has 0 spiro atoms. The zero-order chi connectivity index (χ0) is 15.2. The summed E-state index contributed by atoms with van der Waals surface area (Å²) < 4.78 is 13.1. The number of halogens is 1. The van der Waals surface area contributed by atoms with Crippen LogP contribution in [0.2, 0.25) is 0 Å². The maximum Gasteiger partial charge on any atom is 0.319 e. The summed E-state index contributed by atoms with van der Waals surface area (Å²) in [7, 11) is 0. The van der Waals surface area contributed by atoms with Crippen molar-refractivity contribution in [2.75, 3.05) is 5.32 Å². The van der Waals surface area contributed by atoms with Crippen molar-refractivity contribution >= 4 is 11.7 Å². The minimum absolute atomic E-state index is 0.285. The molecule has 110 valence electrons. The molecule has 0 radical (unpaired) electrons. The van der Waals surface area contributed by atoms with E-state index in [1.807, 2.05) is 24.3 Å². The van der Waals surface area contributed by atoms with Gasteiger partial charge in [0.1, 0.15) is 5.82 Å². The summed E-state index contributed by atoms with van der Waals surface area (Å²) in [5.41, 5.74) is 2.60. The molecule has 0 aliphatic rings. The average Bonchev–Trinajstić information content (AvgIpc) is 2.45. The molecule has 0 atom stereocenters. The van der Waals surface area contributed by atoms with Gasteiger partial charge < -0.3 is 10.6 Å². The van der Waals surface area contributed by atoms with Crippen LogP contribution in [0.15, 0.2) is 48.5 Å². The molecule has 4 heteroatoms. The lowest BCUT2D eigenvalue weighted by Crippen LogP contribution is -2.28. The molecule has 2 amide bonds. The van der Waals surface area contributed by atoms with Crippen LogP contribution in [0.3, 0.4) is 0 Å². The van der Waals surface area contributed by atoms with E-state index in [2.05, 4.69) is 24.5 Å². The predicted octanol–water partition coefficient (Wildman–Crippen LogP) is 4.27. The number of hydrogen-bond donors (Lipinski definition) is 2. The van der Waals surface area contributed by atoms with Crippen LogP contribution < -0.4 is 10.6 Å². The topological polar surface area (TPSA) is 41.1 Å². The van der Waals surface area contributed by atoms with E-state index in [4.69, 9.17) is 0 Å². The maximum atomic E-state index is 13.1. The van der Waals surface area contributed by atoms with E-state index in [-0.39, 0.29) is 18.4 Å². The molecule has 0 heterocycles. The number of rotatable bonds is 4. The standard InChI is InChI=1S/C17H19FN2O/c1-12(2)15-8-3-4-9-16(15)20-17(21)19-11-13-6-5-7-14(18)10-13/h3-10,12H,11H2,1-2H3,(H2,19,20,21). The van der Waals surface area contributed by atoms with Gasteiger partial charge in [-0.05, 0) is 35.2 Å². The van der Waals surface area contributed by atoms with Crippen molar-refractivity contribution in [2.24, 2.45) is 0 Å². The summed E-state index contributed by atoms with van der Waals surface area (Å²) in [6, 6.07) is 13.6. The van der Waals surface area contributed by atoms with Gasteiger partial charge in [-0.1, -0.05) is 44.2 Å². The van der Waals surface area contributed by atoms with Gasteiger partial charge >= 0.3 is 6.03 Å². The normalized spacial score (nSPS) is 10.5. The summed E-state index contributed by atoms with van der Waals surface area (Å²) >= 11 is 0. The SMILES string of the molecule is CC(C)c1ccccc1NC(=O)NCc1cccc(F)c1. The first-order valence-corrected chi connectivity index (χ1v) is 6.94. The third-order valence-corrected chi connectivity index (χ3v) is 3.17. The number of carbonyl (C=O) groups excluding carboxylic acids is 1. The first-order valence-electron chi connectivity index (χ1n) is 6.94. The fourth-order valence-electron chi connectivity index (χ4n) is 2.11. The number of amides is 2. The zero-order valence-electron chi connectivity index (χ0n) is 12.2. The Morgan fingerprint density at radius 2 is 1.90 bits per heavy atom. The highest BCUT2D eigenvalue weighted by Crippen LogP contribution is 2.23. The van der Waals surface area contributed by atoms with Crippen LogP contribution >= 0.6 is 0 Å². The van der Waals surface area contributed by atoms with E-state index >= 15 is 0 Å². The molecule has 0 saturated heterocycles. The second-order valence-corrected chi connectivity index (χ2v) is 5.18. The molecule has 2 aromatic carbocycles. The van der Waals surface area contributed by atoms with Gasteiger partial charge in [-0.15, -0.1) is 0 Å². The largest absolute Gasteiger partial charge is 0.334 e. The highest BCUT2D eigenvalue weighted by Gasteiger charge is 2.08. The van der Waals surface area contributed by atoms with Crippen molar-refractivity contribution in [1.82, 2.24) is 5.32 Å². The number of carbonyl (C=O) groups is 1. The average molecular weight is 286 g/mol. The van der Waals surface area contributed by atoms with Crippen LogP contribution in [-0.2, 0) is 6.54 Å². The number of hydrogen-bond acceptors (Lipinski definition) is 1. The van der Waals surface area contributed by atoms with Crippen LogP contribution in [0.5, 0.6) is 0 Å². The predicted molar refractivity (Wildman–Crippen MR) is 82.8 cm³/mol. The van der Waals surface area contributed by atoms with E-state index in [1.54, 1.807) is 12.1 Å². The molecule has 2 aromatic rings. The van der Waals surface area contributed by atoms with Gasteiger partial charge in [0.15, 0.2) is 0 Å². The molecule has 0 fully saturated rings. The molecule has 0 saturated carbocycles. The van der Waals surface area contributed by atoms with Crippen molar-refractivity contribution in [3.8, 4) is 0 Å². The molecule has 3 nitrogen and oxygen atoms in total. The highest BCUT2D eigenvalue weighted by molar-refractivity contribution is 5.90. The van der Waals surface area contributed by atoms with Crippen molar-refractivity contribution in [1.29, 1.82) is 0 Å². The molecular weight excluding hydrogens is 267 g/mol. The third-order valence-electron chi connectivity index (χ3n) is 3.17. The van der Waals surface area contributed by atoms with Crippen molar-refractivity contribution < 1.29 is 9.18 Å². The monoisotopic (exact) mass is 286 g/mol. The lowest BCUT2D eigenvalue weighted by molar-refractivity contribution is 0.251. The van der Waals surface area contributed by atoms with Gasteiger partial charge in [0.25, 0.3) is 0 Å². The molecule has 0 unspecified atom stereocenters. The Labute approximate surface area is 124 Å². The quantitative estimate of drug-likeness (QED) is 0.865. The summed E-state index contributed by atoms with van der Waals surface area (Å²) in [5.74, 6) is 0.0181. The van der Waals surface area contributed by atoms with E-state index in [9.17, 15) is 9.18 Å². The fraction of sp³-hybridized carbons (Fsp3) is 0.235. The zero-order valence-corrected chi connectivity index (χ0v) is 12.2. The highest BCUT2D eigenvalue weighted by atomic mass is 19.1. The Bertz CT molecular complexity index is 626. The number of anilines is 1. The third kappa shape index (κ3) is 4.31. The van der Waals surface area contributed by atoms with Crippen LogP contribution in [0.1, 0.15) is 30.9 Å². The van der Waals surface area contributed by atoms with Crippen LogP contribution in [0, 0.1) is 5.82 Å². The van der Waals surface area contributed by atoms with Crippen molar-refractivity contribution in [2.45, 2.75) is 26.3 Å². The molecule has 2 rings (SSSR count). The van der Waals surface area contributed by atoms with E-state index < -0.39 is 0 Å². The number of urea groups is 1. The van der Waals surface area contributed by atoms with E-state index in [1.165, 1.54) is 12.1 Å². The Morgan fingerprint density at radius 1 is 1.14 bits per heavy atom. The molecule has 2 N–H and O–H groups in total. The first kappa shape index (κ1) is 15.0. The minimum atomic E-state index is -0.306. The molecule has 21 heavy (non-hydrogen) atoms.